The van der Waals surface area contributed by atoms with Crippen molar-refractivity contribution < 1.29 is 8.42 Å². The summed E-state index contributed by atoms with van der Waals surface area (Å²) in [5.41, 5.74) is 3.92. The van der Waals surface area contributed by atoms with Crippen molar-refractivity contribution in [2.75, 3.05) is 31.1 Å². The molecule has 0 bridgehead atoms. The molecule has 0 radical (unpaired) electrons. The first-order valence-electron chi connectivity index (χ1n) is 11.1. The summed E-state index contributed by atoms with van der Waals surface area (Å²) in [6.45, 7) is 5.91. The lowest BCUT2D eigenvalue weighted by Gasteiger charge is -2.34. The Bertz CT molecular complexity index is 1410. The molecule has 1 fully saturated rings. The second-order valence-electron chi connectivity index (χ2n) is 8.48. The van der Waals surface area contributed by atoms with Crippen molar-refractivity contribution in [2.45, 2.75) is 18.7 Å². The molecule has 6 nitrogen and oxygen atoms in total. The smallest absolute Gasteiger partial charge is 0.243 e. The standard InChI is InChI=1S/C26H26N4O2S/c1-19-7-10-24(17-20(19)2)33(31,32)30-15-13-29(14-16-30)26-12-11-25(27-28-26)23-9-8-21-5-3-4-6-22(21)18-23/h3-12,17-18H,13-16H2,1-2H3. The Kier molecular flexibility index (Phi) is 5.60. The van der Waals surface area contributed by atoms with Gasteiger partial charge in [-0.2, -0.15) is 4.31 Å². The molecule has 1 saturated heterocycles. The van der Waals surface area contributed by atoms with E-state index in [0.29, 0.717) is 31.1 Å². The fraction of sp³-hybridized carbons (Fsp3) is 0.231. The van der Waals surface area contributed by atoms with Crippen molar-refractivity contribution in [1.82, 2.24) is 14.5 Å². The van der Waals surface area contributed by atoms with E-state index in [2.05, 4.69) is 45.4 Å². The van der Waals surface area contributed by atoms with Gasteiger partial charge in [0.05, 0.1) is 10.6 Å². The minimum atomic E-state index is -3.50. The highest BCUT2D eigenvalue weighted by molar-refractivity contribution is 7.89. The minimum absolute atomic E-state index is 0.360. The molecule has 0 atom stereocenters. The van der Waals surface area contributed by atoms with E-state index in [1.54, 1.807) is 16.4 Å². The fourth-order valence-electron chi connectivity index (χ4n) is 4.18. The first-order valence-corrected chi connectivity index (χ1v) is 12.5. The molecule has 0 aliphatic carbocycles. The van der Waals surface area contributed by atoms with Gasteiger partial charge in [-0.15, -0.1) is 10.2 Å². The van der Waals surface area contributed by atoms with Gasteiger partial charge in [-0.1, -0.05) is 42.5 Å². The van der Waals surface area contributed by atoms with E-state index >= 15 is 0 Å². The molecule has 4 aromatic rings. The zero-order valence-corrected chi connectivity index (χ0v) is 19.6. The van der Waals surface area contributed by atoms with Crippen LogP contribution in [0.4, 0.5) is 5.82 Å². The molecule has 0 spiro atoms. The molecule has 0 N–H and O–H groups in total. The predicted octanol–water partition coefficient (Wildman–Crippen LogP) is 4.42. The fourth-order valence-corrected chi connectivity index (χ4v) is 5.69. The summed E-state index contributed by atoms with van der Waals surface area (Å²) in [4.78, 5) is 2.45. The number of benzene rings is 3. The molecule has 0 saturated carbocycles. The van der Waals surface area contributed by atoms with Crippen LogP contribution in [0.3, 0.4) is 0 Å². The molecule has 2 heterocycles. The lowest BCUT2D eigenvalue weighted by molar-refractivity contribution is 0.383. The van der Waals surface area contributed by atoms with Gasteiger partial charge in [0.25, 0.3) is 0 Å². The summed E-state index contributed by atoms with van der Waals surface area (Å²) >= 11 is 0. The van der Waals surface area contributed by atoms with E-state index in [0.717, 1.165) is 28.2 Å². The molecule has 1 aliphatic rings. The number of sulfonamides is 1. The topological polar surface area (TPSA) is 66.4 Å². The molecule has 1 aliphatic heterocycles. The Morgan fingerprint density at radius 3 is 2.18 bits per heavy atom. The first-order chi connectivity index (χ1) is 15.9. The Morgan fingerprint density at radius 1 is 0.727 bits per heavy atom. The number of nitrogens with zero attached hydrogens (tertiary/aromatic N) is 4. The van der Waals surface area contributed by atoms with Crippen molar-refractivity contribution in [3.05, 3.63) is 83.9 Å². The maximum atomic E-state index is 13.1. The van der Waals surface area contributed by atoms with Crippen molar-refractivity contribution in [3.63, 3.8) is 0 Å². The normalized spacial score (nSPS) is 15.2. The van der Waals surface area contributed by atoms with Gasteiger partial charge in [-0.3, -0.25) is 0 Å². The molecule has 3 aromatic carbocycles. The molecule has 33 heavy (non-hydrogen) atoms. The lowest BCUT2D eigenvalue weighted by atomic mass is 10.1. The maximum Gasteiger partial charge on any atom is 0.243 e. The van der Waals surface area contributed by atoms with Gasteiger partial charge >= 0.3 is 0 Å². The summed E-state index contributed by atoms with van der Waals surface area (Å²) in [5, 5.41) is 11.2. The Hall–Kier alpha value is -3.29. The van der Waals surface area contributed by atoms with Crippen LogP contribution < -0.4 is 4.90 Å². The quantitative estimate of drug-likeness (QED) is 0.453. The third-order valence-corrected chi connectivity index (χ3v) is 8.27. The Morgan fingerprint density at radius 2 is 1.48 bits per heavy atom. The third kappa shape index (κ3) is 4.21. The molecule has 0 amide bonds. The number of rotatable bonds is 4. The number of piperazine rings is 1. The van der Waals surface area contributed by atoms with Gasteiger partial charge < -0.3 is 4.90 Å². The summed E-state index contributed by atoms with van der Waals surface area (Å²) in [7, 11) is -3.50. The molecule has 7 heteroatoms. The minimum Gasteiger partial charge on any atom is -0.352 e. The molecule has 168 valence electrons. The second kappa shape index (κ2) is 8.57. The van der Waals surface area contributed by atoms with Crippen molar-refractivity contribution >= 4 is 26.6 Å². The van der Waals surface area contributed by atoms with Gasteiger partial charge in [0.15, 0.2) is 5.82 Å². The monoisotopic (exact) mass is 458 g/mol. The van der Waals surface area contributed by atoms with E-state index in [-0.39, 0.29) is 0 Å². The van der Waals surface area contributed by atoms with E-state index in [9.17, 15) is 8.42 Å². The van der Waals surface area contributed by atoms with Crippen molar-refractivity contribution in [2.24, 2.45) is 0 Å². The van der Waals surface area contributed by atoms with Crippen LogP contribution in [0.25, 0.3) is 22.0 Å². The molecule has 5 rings (SSSR count). The van der Waals surface area contributed by atoms with Crippen LogP contribution in [0.5, 0.6) is 0 Å². The van der Waals surface area contributed by atoms with Gasteiger partial charge in [-0.25, -0.2) is 8.42 Å². The van der Waals surface area contributed by atoms with Crippen LogP contribution in [0, 0.1) is 13.8 Å². The Balaban J connectivity index is 1.28. The number of hydrogen-bond donors (Lipinski definition) is 0. The molecular formula is C26H26N4O2S. The van der Waals surface area contributed by atoms with Crippen LogP contribution in [0.2, 0.25) is 0 Å². The van der Waals surface area contributed by atoms with E-state index < -0.39 is 10.0 Å². The van der Waals surface area contributed by atoms with E-state index in [1.807, 2.05) is 44.2 Å². The largest absolute Gasteiger partial charge is 0.352 e. The third-order valence-electron chi connectivity index (χ3n) is 6.37. The highest BCUT2D eigenvalue weighted by atomic mass is 32.2. The zero-order valence-electron chi connectivity index (χ0n) is 18.8. The number of fused-ring (bicyclic) bond motifs is 1. The highest BCUT2D eigenvalue weighted by Gasteiger charge is 2.29. The van der Waals surface area contributed by atoms with Gasteiger partial charge in [-0.05, 0) is 66.1 Å². The van der Waals surface area contributed by atoms with Crippen LogP contribution in [-0.4, -0.2) is 49.1 Å². The summed E-state index contributed by atoms with van der Waals surface area (Å²) in [6, 6.07) is 23.8. The number of aryl methyl sites for hydroxylation is 2. The summed E-state index contributed by atoms with van der Waals surface area (Å²) < 4.78 is 27.7. The number of anilines is 1. The van der Waals surface area contributed by atoms with E-state index in [4.69, 9.17) is 0 Å². The van der Waals surface area contributed by atoms with Crippen LogP contribution in [-0.2, 0) is 10.0 Å². The predicted molar refractivity (Wildman–Crippen MR) is 132 cm³/mol. The zero-order chi connectivity index (χ0) is 23.0. The Labute approximate surface area is 194 Å². The van der Waals surface area contributed by atoms with Gasteiger partial charge in [0, 0.05) is 31.7 Å². The van der Waals surface area contributed by atoms with Crippen LogP contribution in [0.15, 0.2) is 77.7 Å². The maximum absolute atomic E-state index is 13.1. The SMILES string of the molecule is Cc1ccc(S(=O)(=O)N2CCN(c3ccc(-c4ccc5ccccc5c4)nn3)CC2)cc1C. The number of aromatic nitrogens is 2. The summed E-state index contributed by atoms with van der Waals surface area (Å²) in [6.07, 6.45) is 0. The van der Waals surface area contributed by atoms with Crippen LogP contribution in [0.1, 0.15) is 11.1 Å². The summed E-state index contributed by atoms with van der Waals surface area (Å²) in [5.74, 6) is 0.766. The molecule has 1 aromatic heterocycles. The highest BCUT2D eigenvalue weighted by Crippen LogP contribution is 2.25. The first kappa shape index (κ1) is 21.6. The molecular weight excluding hydrogens is 432 g/mol. The van der Waals surface area contributed by atoms with Crippen molar-refractivity contribution in [1.29, 1.82) is 0 Å². The van der Waals surface area contributed by atoms with E-state index in [1.165, 1.54) is 10.8 Å². The lowest BCUT2D eigenvalue weighted by Crippen LogP contribution is -2.49. The van der Waals surface area contributed by atoms with Gasteiger partial charge in [0.1, 0.15) is 0 Å². The number of hydrogen-bond acceptors (Lipinski definition) is 5. The van der Waals surface area contributed by atoms with Crippen LogP contribution >= 0.6 is 0 Å². The van der Waals surface area contributed by atoms with Crippen molar-refractivity contribution in [3.8, 4) is 11.3 Å². The average molecular weight is 459 g/mol. The average Bonchev–Trinajstić information content (AvgIpc) is 2.85. The van der Waals surface area contributed by atoms with Gasteiger partial charge in [0.2, 0.25) is 10.0 Å². The molecule has 0 unspecified atom stereocenters. The second-order valence-corrected chi connectivity index (χ2v) is 10.4.